The van der Waals surface area contributed by atoms with Gasteiger partial charge in [0.2, 0.25) is 0 Å². The van der Waals surface area contributed by atoms with Crippen molar-refractivity contribution in [3.8, 4) is 5.75 Å². The van der Waals surface area contributed by atoms with E-state index in [4.69, 9.17) is 16.3 Å². The Labute approximate surface area is 142 Å². The van der Waals surface area contributed by atoms with Crippen LogP contribution in [0.3, 0.4) is 0 Å². The van der Waals surface area contributed by atoms with Crippen LogP contribution in [0.15, 0.2) is 18.2 Å². The first kappa shape index (κ1) is 17.8. The van der Waals surface area contributed by atoms with Crippen LogP contribution in [0.2, 0.25) is 0 Å². The molecule has 2 rings (SSSR count). The zero-order valence-electron chi connectivity index (χ0n) is 14.0. The average molecular weight is 338 g/mol. The number of hydrogen-bond donors (Lipinski definition) is 0. The second-order valence-corrected chi connectivity index (χ2v) is 6.64. The number of ketones is 1. The molecule has 0 saturated heterocycles. The van der Waals surface area contributed by atoms with Crippen LogP contribution in [0.25, 0.3) is 0 Å². The Hall–Kier alpha value is -1.55. The minimum Gasteiger partial charge on any atom is -0.476 e. The number of unbranched alkanes of at least 4 members (excludes halogenated alkanes) is 3. The molecule has 0 spiro atoms. The maximum atomic E-state index is 12.7. The predicted octanol–water partition coefficient (Wildman–Crippen LogP) is 4.19. The Morgan fingerprint density at radius 3 is 2.65 bits per heavy atom. The molecule has 0 bridgehead atoms. The Morgan fingerprint density at radius 1 is 1.26 bits per heavy atom. The SMILES string of the molecule is CCCCCCN1C(=O)C(C)(C)Oc2ccc(C(=O)CCl)cc21. The molecule has 126 valence electrons. The fourth-order valence-electron chi connectivity index (χ4n) is 2.74. The van der Waals surface area contributed by atoms with E-state index in [9.17, 15) is 9.59 Å². The summed E-state index contributed by atoms with van der Waals surface area (Å²) in [4.78, 5) is 26.3. The lowest BCUT2D eigenvalue weighted by atomic mass is 10.0. The van der Waals surface area contributed by atoms with Gasteiger partial charge in [0.25, 0.3) is 5.91 Å². The molecule has 0 unspecified atom stereocenters. The van der Waals surface area contributed by atoms with Gasteiger partial charge in [-0.15, -0.1) is 11.6 Å². The van der Waals surface area contributed by atoms with Crippen LogP contribution in [0.4, 0.5) is 5.69 Å². The van der Waals surface area contributed by atoms with Gasteiger partial charge in [-0.2, -0.15) is 0 Å². The van der Waals surface area contributed by atoms with Crippen molar-refractivity contribution in [3.05, 3.63) is 23.8 Å². The normalized spacial score (nSPS) is 16.0. The Morgan fingerprint density at radius 2 is 2.00 bits per heavy atom. The third kappa shape index (κ3) is 3.86. The van der Waals surface area contributed by atoms with Crippen LogP contribution in [0.1, 0.15) is 56.8 Å². The molecule has 1 aliphatic rings. The second kappa shape index (κ2) is 7.35. The third-order valence-corrected chi connectivity index (χ3v) is 4.30. The predicted molar refractivity (Wildman–Crippen MR) is 92.7 cm³/mol. The van der Waals surface area contributed by atoms with Crippen molar-refractivity contribution in [2.45, 2.75) is 52.1 Å². The topological polar surface area (TPSA) is 46.6 Å². The molecule has 0 radical (unpaired) electrons. The molecule has 1 heterocycles. The van der Waals surface area contributed by atoms with E-state index in [1.807, 2.05) is 0 Å². The maximum absolute atomic E-state index is 12.7. The van der Waals surface area contributed by atoms with Crippen LogP contribution in [-0.2, 0) is 4.79 Å². The van der Waals surface area contributed by atoms with Crippen LogP contribution in [-0.4, -0.2) is 29.7 Å². The van der Waals surface area contributed by atoms with Crippen molar-refractivity contribution in [3.63, 3.8) is 0 Å². The first-order valence-electron chi connectivity index (χ1n) is 8.15. The molecule has 23 heavy (non-hydrogen) atoms. The molecule has 1 aliphatic heterocycles. The van der Waals surface area contributed by atoms with Crippen LogP contribution < -0.4 is 9.64 Å². The zero-order valence-corrected chi connectivity index (χ0v) is 14.8. The van der Waals surface area contributed by atoms with E-state index >= 15 is 0 Å². The highest BCUT2D eigenvalue weighted by atomic mass is 35.5. The summed E-state index contributed by atoms with van der Waals surface area (Å²) in [7, 11) is 0. The molecule has 1 amide bonds. The van der Waals surface area contributed by atoms with Crippen molar-refractivity contribution < 1.29 is 14.3 Å². The minimum atomic E-state index is -0.893. The zero-order chi connectivity index (χ0) is 17.0. The highest BCUT2D eigenvalue weighted by Gasteiger charge is 2.40. The van der Waals surface area contributed by atoms with Crippen molar-refractivity contribution in [2.75, 3.05) is 17.3 Å². The molecule has 0 atom stereocenters. The van der Waals surface area contributed by atoms with Crippen LogP contribution in [0.5, 0.6) is 5.75 Å². The quantitative estimate of drug-likeness (QED) is 0.425. The molecule has 0 aliphatic carbocycles. The van der Waals surface area contributed by atoms with E-state index < -0.39 is 5.60 Å². The number of Topliss-reactive ketones (excluding diaryl/α,β-unsaturated/α-hetero) is 1. The van der Waals surface area contributed by atoms with E-state index in [-0.39, 0.29) is 17.6 Å². The summed E-state index contributed by atoms with van der Waals surface area (Å²) in [5.41, 5.74) is 0.283. The Kier molecular flexibility index (Phi) is 5.69. The third-order valence-electron chi connectivity index (χ3n) is 4.05. The lowest BCUT2D eigenvalue weighted by Crippen LogP contribution is -2.52. The standard InChI is InChI=1S/C18H24ClNO3/c1-4-5-6-7-10-20-14-11-13(15(21)12-19)8-9-16(14)23-18(2,3)17(20)22/h8-9,11H,4-7,10,12H2,1-3H3. The molecule has 0 aromatic heterocycles. The monoisotopic (exact) mass is 337 g/mol. The summed E-state index contributed by atoms with van der Waals surface area (Å²) < 4.78 is 5.82. The molecular weight excluding hydrogens is 314 g/mol. The number of fused-ring (bicyclic) bond motifs is 1. The number of carbonyl (C=O) groups excluding carboxylic acids is 2. The number of amides is 1. The number of rotatable bonds is 7. The number of ether oxygens (including phenoxy) is 1. The van der Waals surface area contributed by atoms with Gasteiger partial charge in [-0.1, -0.05) is 26.2 Å². The van der Waals surface area contributed by atoms with Gasteiger partial charge in [-0.3, -0.25) is 9.59 Å². The van der Waals surface area contributed by atoms with Gasteiger partial charge in [0.05, 0.1) is 11.6 Å². The first-order chi connectivity index (χ1) is 10.9. The molecular formula is C18H24ClNO3. The molecule has 4 nitrogen and oxygen atoms in total. The van der Waals surface area contributed by atoms with Gasteiger partial charge in [0.1, 0.15) is 5.75 Å². The van der Waals surface area contributed by atoms with Gasteiger partial charge in [0, 0.05) is 12.1 Å². The van der Waals surface area contributed by atoms with Gasteiger partial charge in [0.15, 0.2) is 11.4 Å². The summed E-state index contributed by atoms with van der Waals surface area (Å²) in [5, 5.41) is 0. The van der Waals surface area contributed by atoms with Crippen molar-refractivity contribution in [2.24, 2.45) is 0 Å². The van der Waals surface area contributed by atoms with E-state index in [2.05, 4.69) is 6.92 Å². The van der Waals surface area contributed by atoms with E-state index in [1.165, 1.54) is 0 Å². The average Bonchev–Trinajstić information content (AvgIpc) is 2.53. The number of carbonyl (C=O) groups is 2. The van der Waals surface area contributed by atoms with Gasteiger partial charge in [-0.25, -0.2) is 0 Å². The smallest absolute Gasteiger partial charge is 0.270 e. The molecule has 0 fully saturated rings. The summed E-state index contributed by atoms with van der Waals surface area (Å²) in [6.45, 7) is 6.34. The summed E-state index contributed by atoms with van der Waals surface area (Å²) in [5.74, 6) is 0.334. The molecule has 5 heteroatoms. The van der Waals surface area contributed by atoms with Gasteiger partial charge in [-0.05, 0) is 38.5 Å². The first-order valence-corrected chi connectivity index (χ1v) is 8.68. The number of hydrogen-bond acceptors (Lipinski definition) is 3. The Balaban J connectivity index is 2.32. The summed E-state index contributed by atoms with van der Waals surface area (Å²) in [6, 6.07) is 5.17. The van der Waals surface area contributed by atoms with Crippen molar-refractivity contribution in [1.29, 1.82) is 0 Å². The number of anilines is 1. The lowest BCUT2D eigenvalue weighted by molar-refractivity contribution is -0.132. The van der Waals surface area contributed by atoms with Gasteiger partial charge < -0.3 is 9.64 Å². The van der Waals surface area contributed by atoms with Crippen LogP contribution in [0, 0.1) is 0 Å². The van der Waals surface area contributed by atoms with E-state index in [0.717, 1.165) is 25.7 Å². The van der Waals surface area contributed by atoms with Crippen molar-refractivity contribution in [1.82, 2.24) is 0 Å². The van der Waals surface area contributed by atoms with Crippen molar-refractivity contribution >= 4 is 29.0 Å². The molecule has 1 aromatic carbocycles. The highest BCUT2D eigenvalue weighted by Crippen LogP contribution is 2.38. The number of halogens is 1. The fraction of sp³-hybridized carbons (Fsp3) is 0.556. The Bertz CT molecular complexity index is 598. The maximum Gasteiger partial charge on any atom is 0.270 e. The van der Waals surface area contributed by atoms with E-state index in [1.54, 1.807) is 36.9 Å². The molecule has 1 aromatic rings. The van der Waals surface area contributed by atoms with E-state index in [0.29, 0.717) is 23.5 Å². The molecule has 0 N–H and O–H groups in total. The summed E-state index contributed by atoms with van der Waals surface area (Å²) in [6.07, 6.45) is 4.31. The largest absolute Gasteiger partial charge is 0.476 e. The number of alkyl halides is 1. The number of nitrogens with zero attached hydrogens (tertiary/aromatic N) is 1. The highest BCUT2D eigenvalue weighted by molar-refractivity contribution is 6.30. The minimum absolute atomic E-state index is 0.0722. The van der Waals surface area contributed by atoms with Gasteiger partial charge >= 0.3 is 0 Å². The fourth-order valence-corrected chi connectivity index (χ4v) is 2.89. The summed E-state index contributed by atoms with van der Waals surface area (Å²) >= 11 is 5.64. The molecule has 0 saturated carbocycles. The second-order valence-electron chi connectivity index (χ2n) is 6.37. The number of benzene rings is 1. The lowest BCUT2D eigenvalue weighted by Gasteiger charge is -2.39. The van der Waals surface area contributed by atoms with Crippen LogP contribution >= 0.6 is 11.6 Å².